The molecule has 1 unspecified atom stereocenters. The Balaban J connectivity index is 1.49. The minimum absolute atomic E-state index is 0.0353. The Labute approximate surface area is 195 Å². The zero-order valence-electron chi connectivity index (χ0n) is 19.3. The smallest absolute Gasteiger partial charge is 0.410 e. The van der Waals surface area contributed by atoms with Crippen molar-refractivity contribution >= 4 is 6.09 Å². The summed E-state index contributed by atoms with van der Waals surface area (Å²) in [6.45, 7) is 5.16. The van der Waals surface area contributed by atoms with Crippen LogP contribution in [0.1, 0.15) is 39.4 Å². The standard InChI is InChI=1S/C23H28F4N4O3/c1-22(2,3)34-21(32)30-11-14-7-8-15(12-30)18(14)10-19-28-20(31(29-19)13-23(25,26)27)33-17-6-4-5-16(24)9-17/h4-6,9,14-15,18H,7-8,10-13H2,1-3H3/t14-,15+,18?. The fourth-order valence-corrected chi connectivity index (χ4v) is 4.80. The summed E-state index contributed by atoms with van der Waals surface area (Å²) in [7, 11) is 0. The van der Waals surface area contributed by atoms with Crippen LogP contribution in [-0.4, -0.2) is 50.6 Å². The number of halogens is 4. The summed E-state index contributed by atoms with van der Waals surface area (Å²) < 4.78 is 64.4. The largest absolute Gasteiger partial charge is 0.444 e. The third kappa shape index (κ3) is 5.98. The molecule has 2 aromatic rings. The Kier molecular flexibility index (Phi) is 6.48. The van der Waals surface area contributed by atoms with E-state index >= 15 is 0 Å². The van der Waals surface area contributed by atoms with Crippen molar-refractivity contribution in [2.45, 2.75) is 58.4 Å². The Morgan fingerprint density at radius 1 is 1.15 bits per heavy atom. The summed E-state index contributed by atoms with van der Waals surface area (Å²) in [5.74, 6) is 0.216. The van der Waals surface area contributed by atoms with Crippen LogP contribution in [0.2, 0.25) is 0 Å². The molecule has 4 rings (SSSR count). The van der Waals surface area contributed by atoms with Crippen molar-refractivity contribution in [3.8, 4) is 11.8 Å². The number of likely N-dealkylation sites (tertiary alicyclic amines) is 1. The molecule has 2 heterocycles. The molecule has 1 amide bonds. The third-order valence-corrected chi connectivity index (χ3v) is 6.11. The number of carbonyl (C=O) groups excluding carboxylic acids is 1. The maximum atomic E-state index is 13.5. The molecule has 2 fully saturated rings. The van der Waals surface area contributed by atoms with Gasteiger partial charge in [-0.05, 0) is 63.5 Å². The number of ether oxygens (including phenoxy) is 2. The lowest BCUT2D eigenvalue weighted by molar-refractivity contribution is -0.143. The molecule has 1 aromatic carbocycles. The lowest BCUT2D eigenvalue weighted by Gasteiger charge is -2.38. The molecule has 3 atom stereocenters. The average molecular weight is 484 g/mol. The molecule has 1 aliphatic carbocycles. The van der Waals surface area contributed by atoms with Crippen LogP contribution in [0.15, 0.2) is 24.3 Å². The van der Waals surface area contributed by atoms with E-state index in [0.29, 0.717) is 24.2 Å². The molecule has 7 nitrogen and oxygen atoms in total. The van der Waals surface area contributed by atoms with Crippen molar-refractivity contribution in [3.63, 3.8) is 0 Å². The predicted molar refractivity (Wildman–Crippen MR) is 114 cm³/mol. The number of fused-ring (bicyclic) bond motifs is 2. The van der Waals surface area contributed by atoms with E-state index in [1.165, 1.54) is 18.2 Å². The highest BCUT2D eigenvalue weighted by molar-refractivity contribution is 5.68. The van der Waals surface area contributed by atoms with Gasteiger partial charge in [0.05, 0.1) is 0 Å². The van der Waals surface area contributed by atoms with Crippen molar-refractivity contribution in [1.29, 1.82) is 0 Å². The quantitative estimate of drug-likeness (QED) is 0.545. The first-order valence-electron chi connectivity index (χ1n) is 11.3. The van der Waals surface area contributed by atoms with Crippen molar-refractivity contribution in [1.82, 2.24) is 19.7 Å². The molecule has 0 N–H and O–H groups in total. The molecule has 11 heteroatoms. The topological polar surface area (TPSA) is 69.5 Å². The second-order valence-corrected chi connectivity index (χ2v) is 9.99. The van der Waals surface area contributed by atoms with Gasteiger partial charge in [0.25, 0.3) is 0 Å². The van der Waals surface area contributed by atoms with Gasteiger partial charge in [0.2, 0.25) is 0 Å². The van der Waals surface area contributed by atoms with E-state index in [4.69, 9.17) is 9.47 Å². The number of hydrogen-bond donors (Lipinski definition) is 0. The normalized spacial score (nSPS) is 22.7. The lowest BCUT2D eigenvalue weighted by Crippen LogP contribution is -2.47. The van der Waals surface area contributed by atoms with Gasteiger partial charge < -0.3 is 14.4 Å². The van der Waals surface area contributed by atoms with Crippen molar-refractivity contribution in [2.24, 2.45) is 17.8 Å². The highest BCUT2D eigenvalue weighted by Crippen LogP contribution is 2.44. The number of nitrogens with zero attached hydrogens (tertiary/aromatic N) is 4. The average Bonchev–Trinajstić information content (AvgIpc) is 3.14. The lowest BCUT2D eigenvalue weighted by atomic mass is 9.82. The molecular formula is C23H28F4N4O3. The Morgan fingerprint density at radius 2 is 1.82 bits per heavy atom. The first kappa shape index (κ1) is 24.3. The molecule has 0 spiro atoms. The summed E-state index contributed by atoms with van der Waals surface area (Å²) in [6, 6.07) is 4.77. The van der Waals surface area contributed by atoms with Crippen LogP contribution in [0.4, 0.5) is 22.4 Å². The van der Waals surface area contributed by atoms with Crippen LogP contribution in [-0.2, 0) is 17.7 Å². The number of amides is 1. The van der Waals surface area contributed by atoms with Crippen LogP contribution in [0.3, 0.4) is 0 Å². The summed E-state index contributed by atoms with van der Waals surface area (Å²) >= 11 is 0. The summed E-state index contributed by atoms with van der Waals surface area (Å²) in [5.41, 5.74) is -0.583. The van der Waals surface area contributed by atoms with Crippen LogP contribution in [0.5, 0.6) is 11.8 Å². The predicted octanol–water partition coefficient (Wildman–Crippen LogP) is 5.21. The van der Waals surface area contributed by atoms with Crippen LogP contribution >= 0.6 is 0 Å². The molecule has 2 aliphatic rings. The zero-order chi connectivity index (χ0) is 24.7. The van der Waals surface area contributed by atoms with E-state index in [9.17, 15) is 22.4 Å². The number of alkyl halides is 3. The molecule has 34 heavy (non-hydrogen) atoms. The van der Waals surface area contributed by atoms with E-state index in [-0.39, 0.29) is 41.4 Å². The number of hydrogen-bond acceptors (Lipinski definition) is 5. The van der Waals surface area contributed by atoms with Crippen LogP contribution < -0.4 is 4.74 Å². The van der Waals surface area contributed by atoms with Gasteiger partial charge in [-0.2, -0.15) is 23.3 Å². The minimum atomic E-state index is -4.52. The molecule has 2 bridgehead atoms. The molecule has 1 saturated heterocycles. The second kappa shape index (κ2) is 9.07. The maximum Gasteiger partial charge on any atom is 0.410 e. The molecule has 1 saturated carbocycles. The number of aromatic nitrogens is 3. The van der Waals surface area contributed by atoms with Gasteiger partial charge in [-0.15, -0.1) is 0 Å². The third-order valence-electron chi connectivity index (χ3n) is 6.11. The Bertz CT molecular complexity index is 1020. The minimum Gasteiger partial charge on any atom is -0.444 e. The van der Waals surface area contributed by atoms with Gasteiger partial charge in [-0.25, -0.2) is 13.9 Å². The van der Waals surface area contributed by atoms with E-state index in [0.717, 1.165) is 18.9 Å². The Hall–Kier alpha value is -2.85. The highest BCUT2D eigenvalue weighted by Gasteiger charge is 2.44. The van der Waals surface area contributed by atoms with Crippen molar-refractivity contribution in [3.05, 3.63) is 35.9 Å². The van der Waals surface area contributed by atoms with E-state index in [2.05, 4.69) is 10.1 Å². The van der Waals surface area contributed by atoms with Gasteiger partial charge in [0.1, 0.15) is 23.7 Å². The first-order valence-corrected chi connectivity index (χ1v) is 11.3. The number of benzene rings is 1. The van der Waals surface area contributed by atoms with E-state index < -0.39 is 24.1 Å². The first-order chi connectivity index (χ1) is 15.9. The number of carbonyl (C=O) groups is 1. The molecule has 186 valence electrons. The molecular weight excluding hydrogens is 456 g/mol. The molecule has 1 aromatic heterocycles. The SMILES string of the molecule is CC(C)(C)OC(=O)N1C[C@H]2CC[C@@H](C1)C2Cc1nc(Oc2cccc(F)c2)n(CC(F)(F)F)n1. The van der Waals surface area contributed by atoms with Gasteiger partial charge in [-0.3, -0.25) is 0 Å². The second-order valence-electron chi connectivity index (χ2n) is 9.99. The fourth-order valence-electron chi connectivity index (χ4n) is 4.80. The van der Waals surface area contributed by atoms with Gasteiger partial charge >= 0.3 is 18.3 Å². The fraction of sp³-hybridized carbons (Fsp3) is 0.609. The summed E-state index contributed by atoms with van der Waals surface area (Å²) in [4.78, 5) is 18.4. The Morgan fingerprint density at radius 3 is 2.41 bits per heavy atom. The van der Waals surface area contributed by atoms with E-state index in [1.807, 2.05) is 20.8 Å². The monoisotopic (exact) mass is 484 g/mol. The highest BCUT2D eigenvalue weighted by atomic mass is 19.4. The summed E-state index contributed by atoms with van der Waals surface area (Å²) in [6.07, 6.45) is -2.65. The van der Waals surface area contributed by atoms with Gasteiger partial charge in [0.15, 0.2) is 5.82 Å². The zero-order valence-corrected chi connectivity index (χ0v) is 19.3. The molecule has 0 radical (unpaired) electrons. The van der Waals surface area contributed by atoms with Crippen molar-refractivity contribution in [2.75, 3.05) is 13.1 Å². The summed E-state index contributed by atoms with van der Waals surface area (Å²) in [5, 5.41) is 4.07. The number of rotatable bonds is 5. The van der Waals surface area contributed by atoms with Crippen LogP contribution in [0.25, 0.3) is 0 Å². The van der Waals surface area contributed by atoms with Crippen molar-refractivity contribution < 1.29 is 31.8 Å². The van der Waals surface area contributed by atoms with Gasteiger partial charge in [0, 0.05) is 25.6 Å². The van der Waals surface area contributed by atoms with Crippen LogP contribution in [0, 0.1) is 23.6 Å². The van der Waals surface area contributed by atoms with Gasteiger partial charge in [-0.1, -0.05) is 6.07 Å². The number of piperidine rings is 1. The molecule has 1 aliphatic heterocycles. The maximum absolute atomic E-state index is 13.5. The van der Waals surface area contributed by atoms with E-state index in [1.54, 1.807) is 4.90 Å².